The highest BCUT2D eigenvalue weighted by molar-refractivity contribution is 8.04. The van der Waals surface area contributed by atoms with Crippen molar-refractivity contribution in [2.75, 3.05) is 31.9 Å². The van der Waals surface area contributed by atoms with Crippen molar-refractivity contribution in [3.63, 3.8) is 0 Å². The first-order chi connectivity index (χ1) is 14.7. The number of allylic oxidation sites excluding steroid dienone is 5. The molecule has 2 heterocycles. The van der Waals surface area contributed by atoms with Crippen molar-refractivity contribution in [1.82, 2.24) is 9.80 Å². The first-order valence-corrected chi connectivity index (χ1v) is 11.0. The van der Waals surface area contributed by atoms with Gasteiger partial charge in [0.25, 0.3) is 0 Å². The smallest absolute Gasteiger partial charge is 0.245 e. The molecule has 0 unspecified atom stereocenters. The molecule has 1 fully saturated rings. The molecule has 1 aromatic heterocycles. The molecule has 0 saturated carbocycles. The van der Waals surface area contributed by atoms with Gasteiger partial charge in [0, 0.05) is 44.0 Å². The Balaban J connectivity index is 1.73. The number of terminal acetylenes is 1. The van der Waals surface area contributed by atoms with Gasteiger partial charge in [-0.15, -0.1) is 18.2 Å². The number of hydrogen-bond donors (Lipinski definition) is 0. The molecule has 2 aliphatic rings. The van der Waals surface area contributed by atoms with Crippen molar-refractivity contribution in [2.45, 2.75) is 19.4 Å². The van der Waals surface area contributed by atoms with Crippen LogP contribution in [0.5, 0.6) is 0 Å². The van der Waals surface area contributed by atoms with Gasteiger partial charge in [0.05, 0.1) is 23.1 Å². The Labute approximate surface area is 183 Å². The third-order valence-electron chi connectivity index (χ3n) is 5.08. The highest BCUT2D eigenvalue weighted by atomic mass is 32.2. The van der Waals surface area contributed by atoms with Gasteiger partial charge in [-0.25, -0.2) is 0 Å². The molecule has 1 saturated heterocycles. The number of Topliss-reactive ketones (excluding diaryl/α,β-unsaturated/α-hetero) is 1. The second-order valence-electron chi connectivity index (χ2n) is 7.12. The number of rotatable bonds is 8. The Morgan fingerprint density at radius 3 is 2.80 bits per heavy atom. The summed E-state index contributed by atoms with van der Waals surface area (Å²) in [5.74, 6) is 7.81. The lowest BCUT2D eigenvalue weighted by atomic mass is 10.1. The summed E-state index contributed by atoms with van der Waals surface area (Å²) < 4.78 is 5.17. The Hall–Kier alpha value is -2.86. The van der Waals surface area contributed by atoms with E-state index in [1.165, 1.54) is 22.9 Å². The van der Waals surface area contributed by atoms with E-state index in [1.807, 2.05) is 6.07 Å². The van der Waals surface area contributed by atoms with E-state index < -0.39 is 0 Å². The molecule has 0 N–H and O–H groups in total. The second kappa shape index (κ2) is 11.4. The number of nitrogens with zero attached hydrogens (tertiary/aromatic N) is 2. The van der Waals surface area contributed by atoms with E-state index >= 15 is 0 Å². The molecule has 0 aromatic carbocycles. The van der Waals surface area contributed by atoms with Crippen LogP contribution in [0.1, 0.15) is 18.4 Å². The third kappa shape index (κ3) is 6.07. The standard InChI is InChI=1S/C25H26N2O2S/c1-3-5-11-24(28)25(30-20-21-9-7-6-8-10-21)23(4-2)27-15-13-26(14-16-27)18-22-12-17-29-19-22/h1,4,6-7,9,12,17,19H,2,8,10,13-16,18,20H2/b25-23-. The summed E-state index contributed by atoms with van der Waals surface area (Å²) >= 11 is 1.54. The second-order valence-corrected chi connectivity index (χ2v) is 8.10. The predicted molar refractivity (Wildman–Crippen MR) is 123 cm³/mol. The van der Waals surface area contributed by atoms with Crippen LogP contribution < -0.4 is 0 Å². The number of hydrogen-bond acceptors (Lipinski definition) is 5. The summed E-state index contributed by atoms with van der Waals surface area (Å²) in [5.41, 5.74) is 3.35. The largest absolute Gasteiger partial charge is 0.472 e. The zero-order valence-electron chi connectivity index (χ0n) is 17.1. The zero-order valence-corrected chi connectivity index (χ0v) is 17.9. The zero-order chi connectivity index (χ0) is 21.2. The number of carbonyl (C=O) groups excluding carboxylic acids is 1. The molecule has 1 aliphatic heterocycles. The molecule has 3 rings (SSSR count). The monoisotopic (exact) mass is 418 g/mol. The highest BCUT2D eigenvalue weighted by Crippen LogP contribution is 2.29. The Kier molecular flexibility index (Phi) is 8.27. The van der Waals surface area contributed by atoms with Gasteiger partial charge in [-0.1, -0.05) is 30.4 Å². The quantitative estimate of drug-likeness (QED) is 0.276. The fourth-order valence-electron chi connectivity index (χ4n) is 3.50. The normalized spacial score (nSPS) is 17.3. The highest BCUT2D eigenvalue weighted by Gasteiger charge is 2.23. The van der Waals surface area contributed by atoms with Gasteiger partial charge in [0.2, 0.25) is 5.78 Å². The van der Waals surface area contributed by atoms with E-state index in [-0.39, 0.29) is 5.78 Å². The van der Waals surface area contributed by atoms with Crippen LogP contribution in [-0.4, -0.2) is 47.5 Å². The third-order valence-corrected chi connectivity index (χ3v) is 6.28. The van der Waals surface area contributed by atoms with Crippen LogP contribution in [0.2, 0.25) is 0 Å². The lowest BCUT2D eigenvalue weighted by Crippen LogP contribution is -2.45. The summed E-state index contributed by atoms with van der Waals surface area (Å²) in [6.07, 6.45) is 18.9. The molecule has 1 aromatic rings. The number of piperazine rings is 1. The van der Waals surface area contributed by atoms with Crippen molar-refractivity contribution in [3.8, 4) is 24.2 Å². The van der Waals surface area contributed by atoms with Crippen LogP contribution in [0.25, 0.3) is 0 Å². The summed E-state index contributed by atoms with van der Waals surface area (Å²) in [6, 6.07) is 1.99. The maximum atomic E-state index is 12.8. The molecule has 30 heavy (non-hydrogen) atoms. The summed E-state index contributed by atoms with van der Waals surface area (Å²) in [7, 11) is 0. The van der Waals surface area contributed by atoms with E-state index in [0.717, 1.165) is 57.0 Å². The van der Waals surface area contributed by atoms with Gasteiger partial charge in [-0.05, 0) is 42.7 Å². The van der Waals surface area contributed by atoms with Crippen LogP contribution in [0.4, 0.5) is 0 Å². The molecule has 0 radical (unpaired) electrons. The minimum absolute atomic E-state index is 0.236. The number of furan rings is 1. The van der Waals surface area contributed by atoms with E-state index in [1.54, 1.807) is 18.6 Å². The van der Waals surface area contributed by atoms with Gasteiger partial charge in [0.15, 0.2) is 0 Å². The summed E-state index contributed by atoms with van der Waals surface area (Å²) in [6.45, 7) is 8.31. The fourth-order valence-corrected chi connectivity index (χ4v) is 4.61. The van der Waals surface area contributed by atoms with Crippen LogP contribution in [0.15, 0.2) is 70.1 Å². The van der Waals surface area contributed by atoms with Crippen LogP contribution >= 0.6 is 11.8 Å². The average Bonchev–Trinajstić information content (AvgIpc) is 3.29. The van der Waals surface area contributed by atoms with Crippen molar-refractivity contribution in [2.24, 2.45) is 0 Å². The Morgan fingerprint density at radius 2 is 2.17 bits per heavy atom. The molecule has 154 valence electrons. The van der Waals surface area contributed by atoms with Gasteiger partial charge in [-0.3, -0.25) is 9.69 Å². The Bertz CT molecular complexity index is 944. The van der Waals surface area contributed by atoms with E-state index in [4.69, 9.17) is 10.8 Å². The first-order valence-electron chi connectivity index (χ1n) is 10.0. The molecule has 4 nitrogen and oxygen atoms in total. The lowest BCUT2D eigenvalue weighted by Gasteiger charge is -2.37. The van der Waals surface area contributed by atoms with Crippen LogP contribution in [0.3, 0.4) is 0 Å². The van der Waals surface area contributed by atoms with Crippen LogP contribution in [-0.2, 0) is 11.3 Å². The summed E-state index contributed by atoms with van der Waals surface area (Å²) in [5, 5.41) is 0. The van der Waals surface area contributed by atoms with Crippen molar-refractivity contribution in [1.29, 1.82) is 0 Å². The van der Waals surface area contributed by atoms with Crippen molar-refractivity contribution >= 4 is 17.5 Å². The topological polar surface area (TPSA) is 36.7 Å². The number of carbonyl (C=O) groups is 1. The van der Waals surface area contributed by atoms with Crippen molar-refractivity contribution < 1.29 is 9.21 Å². The lowest BCUT2D eigenvalue weighted by molar-refractivity contribution is -0.110. The van der Waals surface area contributed by atoms with Gasteiger partial charge in [-0.2, -0.15) is 0 Å². The van der Waals surface area contributed by atoms with Gasteiger partial charge >= 0.3 is 0 Å². The van der Waals surface area contributed by atoms with E-state index in [9.17, 15) is 4.79 Å². The summed E-state index contributed by atoms with van der Waals surface area (Å²) in [4.78, 5) is 18.1. The van der Waals surface area contributed by atoms with Crippen LogP contribution in [0, 0.1) is 24.2 Å². The number of ketones is 1. The van der Waals surface area contributed by atoms with Crippen molar-refractivity contribution in [3.05, 3.63) is 71.2 Å². The minimum Gasteiger partial charge on any atom is -0.472 e. The molecular weight excluding hydrogens is 392 g/mol. The van der Waals surface area contributed by atoms with Gasteiger partial charge < -0.3 is 9.32 Å². The fraction of sp³-hybridized carbons (Fsp3) is 0.320. The maximum absolute atomic E-state index is 12.8. The number of thioether (sulfide) groups is 1. The molecule has 0 spiro atoms. The molecule has 1 aliphatic carbocycles. The molecule has 0 amide bonds. The SMILES string of the molecule is C#CC#CC(=O)/C(SCC1=CC=CCC1)=C(\C=C)N1CCN(Cc2ccoc2)CC1. The first kappa shape index (κ1) is 21.8. The molecular formula is C25H26N2O2S. The van der Waals surface area contributed by atoms with E-state index in [0.29, 0.717) is 4.91 Å². The minimum atomic E-state index is -0.236. The van der Waals surface area contributed by atoms with E-state index in [2.05, 4.69) is 52.4 Å². The molecule has 5 heteroatoms. The predicted octanol–water partition coefficient (Wildman–Crippen LogP) is 4.01. The molecule has 0 atom stereocenters. The average molecular weight is 419 g/mol. The Morgan fingerprint density at radius 1 is 1.33 bits per heavy atom. The van der Waals surface area contributed by atoms with Gasteiger partial charge in [0.1, 0.15) is 0 Å². The maximum Gasteiger partial charge on any atom is 0.245 e. The molecule has 0 bridgehead atoms.